The van der Waals surface area contributed by atoms with E-state index in [1.165, 1.54) is 28.9 Å². The van der Waals surface area contributed by atoms with Crippen molar-refractivity contribution in [2.75, 3.05) is 6.54 Å². The molecule has 0 aromatic carbocycles. The van der Waals surface area contributed by atoms with Crippen LogP contribution in [0.2, 0.25) is 0 Å². The van der Waals surface area contributed by atoms with E-state index in [4.69, 9.17) is 0 Å². The second-order valence-electron chi connectivity index (χ2n) is 8.64. The molecular weight excluding hydrogens is 465 g/mol. The molecule has 0 spiro atoms. The number of halogens is 1. The van der Waals surface area contributed by atoms with Gasteiger partial charge in [-0.05, 0) is 25.1 Å². The average Bonchev–Trinajstić information content (AvgIpc) is 3.45. The van der Waals surface area contributed by atoms with Crippen molar-refractivity contribution in [1.29, 1.82) is 0 Å². The highest BCUT2D eigenvalue weighted by Gasteiger charge is 2.40. The Bertz CT molecular complexity index is 1470. The van der Waals surface area contributed by atoms with E-state index in [9.17, 15) is 18.8 Å². The number of ketones is 2. The minimum Gasteiger partial charge on any atom is -0.328 e. The van der Waals surface area contributed by atoms with Crippen molar-refractivity contribution in [2.24, 2.45) is 0 Å². The highest BCUT2D eigenvalue weighted by Crippen LogP contribution is 2.27. The Morgan fingerprint density at radius 2 is 1.86 bits per heavy atom. The lowest BCUT2D eigenvalue weighted by Crippen LogP contribution is -2.42. The van der Waals surface area contributed by atoms with Crippen LogP contribution in [-0.2, 0) is 11.3 Å². The number of hydrogen-bond donors (Lipinski definition) is 0. The maximum Gasteiger partial charge on any atom is 0.245 e. The normalized spacial score (nSPS) is 17.5. The van der Waals surface area contributed by atoms with Crippen LogP contribution in [0.25, 0.3) is 22.2 Å². The van der Waals surface area contributed by atoms with Crippen LogP contribution in [0.4, 0.5) is 4.39 Å². The van der Waals surface area contributed by atoms with Gasteiger partial charge in [-0.2, -0.15) is 5.10 Å². The summed E-state index contributed by atoms with van der Waals surface area (Å²) >= 11 is 0. The van der Waals surface area contributed by atoms with Gasteiger partial charge in [0, 0.05) is 42.9 Å². The van der Waals surface area contributed by atoms with Gasteiger partial charge in [0.05, 0.1) is 30.0 Å². The number of alkyl halides is 1. The largest absolute Gasteiger partial charge is 0.328 e. The van der Waals surface area contributed by atoms with Crippen LogP contribution in [0.15, 0.2) is 49.1 Å². The summed E-state index contributed by atoms with van der Waals surface area (Å²) in [5, 5.41) is 4.87. The van der Waals surface area contributed by atoms with Crippen LogP contribution in [0, 0.1) is 6.92 Å². The second-order valence-corrected chi connectivity index (χ2v) is 8.64. The van der Waals surface area contributed by atoms with Gasteiger partial charge < -0.3 is 4.90 Å². The monoisotopic (exact) mass is 487 g/mol. The Balaban J connectivity index is 1.46. The van der Waals surface area contributed by atoms with Crippen molar-refractivity contribution in [1.82, 2.24) is 34.6 Å². The lowest BCUT2D eigenvalue weighted by atomic mass is 10.1. The van der Waals surface area contributed by atoms with Gasteiger partial charge in [-0.25, -0.2) is 14.4 Å². The number of rotatable bonds is 6. The van der Waals surface area contributed by atoms with Gasteiger partial charge in [0.15, 0.2) is 5.78 Å². The summed E-state index contributed by atoms with van der Waals surface area (Å²) in [4.78, 5) is 56.6. The van der Waals surface area contributed by atoms with E-state index >= 15 is 0 Å². The van der Waals surface area contributed by atoms with Crippen LogP contribution >= 0.6 is 0 Å². The standard InChI is InChI=1S/C25H22FN7O3/c1-14(34)24-18-8-20(16-9-28-15(2)29-10-16)30-11-22(18)33(31-24)13-23(35)32-12-17(26)7-21(32)25(36)19-5-3-4-6-27-19/h3-6,8-11,17,21H,7,12-13H2,1-2H3/t17-,21+/m1/s1. The molecule has 5 heterocycles. The first kappa shape index (κ1) is 23.3. The van der Waals surface area contributed by atoms with Crippen LogP contribution in [0.1, 0.15) is 40.1 Å². The summed E-state index contributed by atoms with van der Waals surface area (Å²) < 4.78 is 15.7. The third kappa shape index (κ3) is 4.35. The molecule has 36 heavy (non-hydrogen) atoms. The zero-order valence-corrected chi connectivity index (χ0v) is 19.6. The summed E-state index contributed by atoms with van der Waals surface area (Å²) in [6.45, 7) is 2.68. The number of nitrogens with zero attached hydrogens (tertiary/aromatic N) is 7. The molecule has 1 saturated heterocycles. The number of aryl methyl sites for hydroxylation is 1. The molecule has 2 atom stereocenters. The lowest BCUT2D eigenvalue weighted by Gasteiger charge is -2.23. The van der Waals surface area contributed by atoms with Crippen LogP contribution in [0.5, 0.6) is 0 Å². The van der Waals surface area contributed by atoms with E-state index in [1.807, 2.05) is 0 Å². The van der Waals surface area contributed by atoms with Crippen molar-refractivity contribution < 1.29 is 18.8 Å². The zero-order valence-electron chi connectivity index (χ0n) is 19.6. The summed E-state index contributed by atoms with van der Waals surface area (Å²) in [5.74, 6) is -0.560. The quantitative estimate of drug-likeness (QED) is 0.380. The number of fused-ring (bicyclic) bond motifs is 1. The molecule has 0 radical (unpaired) electrons. The number of likely N-dealkylation sites (tertiary alicyclic amines) is 1. The third-order valence-corrected chi connectivity index (χ3v) is 6.12. The van der Waals surface area contributed by atoms with Gasteiger partial charge in [-0.3, -0.25) is 29.0 Å². The highest BCUT2D eigenvalue weighted by molar-refractivity contribution is 6.06. The molecule has 0 saturated carbocycles. The molecule has 0 N–H and O–H groups in total. The van der Waals surface area contributed by atoms with Crippen molar-refractivity contribution in [3.05, 3.63) is 66.3 Å². The van der Waals surface area contributed by atoms with Crippen molar-refractivity contribution >= 4 is 28.4 Å². The molecular formula is C25H22FN7O3. The van der Waals surface area contributed by atoms with Gasteiger partial charge in [0.25, 0.3) is 0 Å². The minimum atomic E-state index is -1.32. The second kappa shape index (κ2) is 9.33. The lowest BCUT2D eigenvalue weighted by molar-refractivity contribution is -0.132. The third-order valence-electron chi connectivity index (χ3n) is 6.12. The highest BCUT2D eigenvalue weighted by atomic mass is 19.1. The summed E-state index contributed by atoms with van der Waals surface area (Å²) in [6.07, 6.45) is 4.85. The molecule has 4 aromatic heterocycles. The molecule has 10 nitrogen and oxygen atoms in total. The number of carbonyl (C=O) groups excluding carboxylic acids is 3. The van der Waals surface area contributed by atoms with E-state index < -0.39 is 23.9 Å². The Hall–Kier alpha value is -4.41. The maximum absolute atomic E-state index is 14.3. The first-order valence-electron chi connectivity index (χ1n) is 11.4. The Kier molecular flexibility index (Phi) is 6.05. The maximum atomic E-state index is 14.3. The molecule has 0 bridgehead atoms. The molecule has 182 valence electrons. The van der Waals surface area contributed by atoms with Crippen LogP contribution < -0.4 is 0 Å². The summed E-state index contributed by atoms with van der Waals surface area (Å²) in [5.41, 5.74) is 2.04. The number of aromatic nitrogens is 6. The van der Waals surface area contributed by atoms with Gasteiger partial charge >= 0.3 is 0 Å². The Morgan fingerprint density at radius 3 is 2.56 bits per heavy atom. The number of pyridine rings is 2. The average molecular weight is 487 g/mol. The molecule has 11 heteroatoms. The first-order valence-corrected chi connectivity index (χ1v) is 11.4. The van der Waals surface area contributed by atoms with Crippen molar-refractivity contribution in [3.63, 3.8) is 0 Å². The van der Waals surface area contributed by atoms with E-state index in [1.54, 1.807) is 43.6 Å². The van der Waals surface area contributed by atoms with Gasteiger partial charge in [-0.15, -0.1) is 0 Å². The zero-order chi connectivity index (χ0) is 25.4. The SMILES string of the molecule is CC(=O)c1nn(CC(=O)N2C[C@H](F)C[C@H]2C(=O)c2ccccn2)c2cnc(-c3cnc(C)nc3)cc12. The molecule has 1 aliphatic rings. The molecule has 5 rings (SSSR count). The van der Waals surface area contributed by atoms with Crippen molar-refractivity contribution in [2.45, 2.75) is 39.0 Å². The molecule has 1 aliphatic heterocycles. The summed E-state index contributed by atoms with van der Waals surface area (Å²) in [6, 6.07) is 5.63. The fraction of sp³-hybridized carbons (Fsp3) is 0.280. The number of hydrogen-bond acceptors (Lipinski definition) is 8. The van der Waals surface area contributed by atoms with E-state index in [0.717, 1.165) is 0 Å². The van der Waals surface area contributed by atoms with Crippen LogP contribution in [-0.4, -0.2) is 70.8 Å². The van der Waals surface area contributed by atoms with E-state index in [-0.39, 0.29) is 36.7 Å². The minimum absolute atomic E-state index is 0.0940. The number of amides is 1. The topological polar surface area (TPSA) is 124 Å². The number of Topliss-reactive ketones (excluding diaryl/α,β-unsaturated/α-hetero) is 2. The van der Waals surface area contributed by atoms with Gasteiger partial charge in [-0.1, -0.05) is 6.07 Å². The predicted molar refractivity (Wildman–Crippen MR) is 127 cm³/mol. The van der Waals surface area contributed by atoms with E-state index in [2.05, 4.69) is 25.0 Å². The Morgan fingerprint density at radius 1 is 1.08 bits per heavy atom. The predicted octanol–water partition coefficient (Wildman–Crippen LogP) is 2.62. The molecule has 1 amide bonds. The molecule has 0 aliphatic carbocycles. The summed E-state index contributed by atoms with van der Waals surface area (Å²) in [7, 11) is 0. The van der Waals surface area contributed by atoms with Crippen LogP contribution in [0.3, 0.4) is 0 Å². The fourth-order valence-electron chi connectivity index (χ4n) is 4.34. The molecule has 1 fully saturated rings. The first-order chi connectivity index (χ1) is 17.3. The fourth-order valence-corrected chi connectivity index (χ4v) is 4.34. The Labute approximate surface area is 205 Å². The van der Waals surface area contributed by atoms with Gasteiger partial charge in [0.1, 0.15) is 29.9 Å². The van der Waals surface area contributed by atoms with Crippen molar-refractivity contribution in [3.8, 4) is 11.3 Å². The van der Waals surface area contributed by atoms with E-state index in [0.29, 0.717) is 28.0 Å². The smallest absolute Gasteiger partial charge is 0.245 e. The number of carbonyl (C=O) groups is 3. The molecule has 4 aromatic rings. The van der Waals surface area contributed by atoms with Gasteiger partial charge in [0.2, 0.25) is 11.7 Å². The molecule has 0 unspecified atom stereocenters.